The molecule has 1 aliphatic rings. The number of carbonyl (C=O) groups is 2. The number of carbonyl (C=O) groups excluding carboxylic acids is 1. The smallest absolute Gasteiger partial charge is 0.308 e. The van der Waals surface area contributed by atoms with E-state index in [2.05, 4.69) is 5.32 Å². The standard InChI is InChI=1S/C15H17ClFNO3/c16-11-7-6-9(8-12(11)17)14(19)18-13-5-3-1-2-4-10(13)15(20)21/h6-8,10,13H,1-5H2,(H,18,19)(H,20,21)/t10-,13+/m1/s1. The van der Waals surface area contributed by atoms with E-state index in [0.29, 0.717) is 12.8 Å². The number of hydrogen-bond acceptors (Lipinski definition) is 2. The van der Waals surface area contributed by atoms with Gasteiger partial charge < -0.3 is 10.4 Å². The van der Waals surface area contributed by atoms with Gasteiger partial charge in [-0.1, -0.05) is 30.9 Å². The highest BCUT2D eigenvalue weighted by Crippen LogP contribution is 2.24. The van der Waals surface area contributed by atoms with Crippen LogP contribution in [0.1, 0.15) is 42.5 Å². The molecule has 1 aromatic rings. The van der Waals surface area contributed by atoms with Crippen molar-refractivity contribution in [2.24, 2.45) is 5.92 Å². The normalized spacial score (nSPS) is 22.4. The molecule has 0 aromatic heterocycles. The van der Waals surface area contributed by atoms with E-state index in [-0.39, 0.29) is 10.6 Å². The summed E-state index contributed by atoms with van der Waals surface area (Å²) in [5, 5.41) is 11.9. The fourth-order valence-corrected chi connectivity index (χ4v) is 2.78. The average molecular weight is 314 g/mol. The molecule has 0 aliphatic heterocycles. The van der Waals surface area contributed by atoms with Gasteiger partial charge in [0.05, 0.1) is 10.9 Å². The van der Waals surface area contributed by atoms with Gasteiger partial charge in [0, 0.05) is 11.6 Å². The van der Waals surface area contributed by atoms with E-state index < -0.39 is 29.7 Å². The number of hydrogen-bond donors (Lipinski definition) is 2. The number of halogens is 2. The summed E-state index contributed by atoms with van der Waals surface area (Å²) < 4.78 is 13.4. The zero-order valence-corrected chi connectivity index (χ0v) is 12.2. The third-order valence-corrected chi connectivity index (χ3v) is 4.14. The summed E-state index contributed by atoms with van der Waals surface area (Å²) in [5.41, 5.74) is 0.144. The van der Waals surface area contributed by atoms with Crippen molar-refractivity contribution in [3.63, 3.8) is 0 Å². The number of nitrogens with one attached hydrogen (secondary N) is 1. The molecule has 1 saturated carbocycles. The maximum Gasteiger partial charge on any atom is 0.308 e. The number of benzene rings is 1. The Kier molecular flexibility index (Phi) is 5.17. The molecule has 1 aliphatic carbocycles. The van der Waals surface area contributed by atoms with Crippen LogP contribution in [-0.4, -0.2) is 23.0 Å². The van der Waals surface area contributed by atoms with E-state index >= 15 is 0 Å². The molecule has 0 saturated heterocycles. The maximum absolute atomic E-state index is 13.4. The highest BCUT2D eigenvalue weighted by atomic mass is 35.5. The monoisotopic (exact) mass is 313 g/mol. The van der Waals surface area contributed by atoms with Gasteiger partial charge in [-0.05, 0) is 31.0 Å². The van der Waals surface area contributed by atoms with Gasteiger partial charge in [0.25, 0.3) is 5.91 Å². The molecule has 4 nitrogen and oxygen atoms in total. The number of carboxylic acids is 1. The topological polar surface area (TPSA) is 66.4 Å². The second kappa shape index (κ2) is 6.89. The molecule has 0 unspecified atom stereocenters. The highest BCUT2D eigenvalue weighted by Gasteiger charge is 2.30. The van der Waals surface area contributed by atoms with Crippen molar-refractivity contribution in [3.8, 4) is 0 Å². The predicted octanol–water partition coefficient (Wildman–Crippen LogP) is 3.24. The Morgan fingerprint density at radius 3 is 2.62 bits per heavy atom. The molecule has 1 amide bonds. The first-order chi connectivity index (χ1) is 9.99. The first-order valence-corrected chi connectivity index (χ1v) is 7.35. The van der Waals surface area contributed by atoms with Gasteiger partial charge >= 0.3 is 5.97 Å². The summed E-state index contributed by atoms with van der Waals surface area (Å²) in [6.45, 7) is 0. The number of carboxylic acid groups (broad SMARTS) is 1. The third kappa shape index (κ3) is 3.94. The number of rotatable bonds is 3. The van der Waals surface area contributed by atoms with Crippen LogP contribution in [0.5, 0.6) is 0 Å². The van der Waals surface area contributed by atoms with Gasteiger partial charge in [-0.2, -0.15) is 0 Å². The summed E-state index contributed by atoms with van der Waals surface area (Å²) >= 11 is 5.58. The molecule has 2 rings (SSSR count). The number of amides is 1. The maximum atomic E-state index is 13.4. The van der Waals surface area contributed by atoms with Crippen molar-refractivity contribution in [2.45, 2.75) is 38.1 Å². The van der Waals surface area contributed by atoms with Gasteiger partial charge in [-0.25, -0.2) is 4.39 Å². The first-order valence-electron chi connectivity index (χ1n) is 6.98. The van der Waals surface area contributed by atoms with Crippen LogP contribution in [0.25, 0.3) is 0 Å². The summed E-state index contributed by atoms with van der Waals surface area (Å²) in [6.07, 6.45) is 3.86. The van der Waals surface area contributed by atoms with E-state index in [4.69, 9.17) is 11.6 Å². The molecule has 0 bridgehead atoms. The van der Waals surface area contributed by atoms with Crippen molar-refractivity contribution in [3.05, 3.63) is 34.6 Å². The minimum atomic E-state index is -0.899. The van der Waals surface area contributed by atoms with Gasteiger partial charge in [0.15, 0.2) is 0 Å². The first kappa shape index (κ1) is 15.8. The minimum absolute atomic E-state index is 0.0515. The van der Waals surface area contributed by atoms with E-state index in [9.17, 15) is 19.1 Å². The zero-order valence-electron chi connectivity index (χ0n) is 11.4. The van der Waals surface area contributed by atoms with Crippen LogP contribution in [0, 0.1) is 11.7 Å². The molecule has 2 atom stereocenters. The lowest BCUT2D eigenvalue weighted by Crippen LogP contribution is -2.42. The second-order valence-electron chi connectivity index (χ2n) is 5.29. The molecule has 1 aromatic carbocycles. The lowest BCUT2D eigenvalue weighted by atomic mass is 9.94. The molecule has 6 heteroatoms. The summed E-state index contributed by atoms with van der Waals surface area (Å²) in [7, 11) is 0. The molecule has 0 spiro atoms. The Hall–Kier alpha value is -1.62. The van der Waals surface area contributed by atoms with Crippen molar-refractivity contribution < 1.29 is 19.1 Å². The Labute approximate surface area is 127 Å². The van der Waals surface area contributed by atoms with E-state index in [0.717, 1.165) is 25.3 Å². The van der Waals surface area contributed by atoms with Crippen LogP contribution >= 0.6 is 11.6 Å². The van der Waals surface area contributed by atoms with Crippen LogP contribution in [-0.2, 0) is 4.79 Å². The lowest BCUT2D eigenvalue weighted by molar-refractivity contribution is -0.142. The van der Waals surface area contributed by atoms with Crippen LogP contribution in [0.2, 0.25) is 5.02 Å². The molecule has 21 heavy (non-hydrogen) atoms. The second-order valence-corrected chi connectivity index (χ2v) is 5.70. The molecular formula is C15H17ClFNO3. The Balaban J connectivity index is 2.12. The summed E-state index contributed by atoms with van der Waals surface area (Å²) in [4.78, 5) is 23.4. The Morgan fingerprint density at radius 2 is 1.95 bits per heavy atom. The van der Waals surface area contributed by atoms with Crippen molar-refractivity contribution in [2.75, 3.05) is 0 Å². The minimum Gasteiger partial charge on any atom is -0.481 e. The van der Waals surface area contributed by atoms with Crippen LogP contribution < -0.4 is 5.32 Å². The van der Waals surface area contributed by atoms with Crippen LogP contribution in [0.4, 0.5) is 4.39 Å². The van der Waals surface area contributed by atoms with Gasteiger partial charge in [0.2, 0.25) is 0 Å². The van der Waals surface area contributed by atoms with Gasteiger partial charge in [0.1, 0.15) is 5.82 Å². The van der Waals surface area contributed by atoms with E-state index in [1.54, 1.807) is 0 Å². The predicted molar refractivity (Wildman–Crippen MR) is 76.9 cm³/mol. The number of aliphatic carboxylic acids is 1. The van der Waals surface area contributed by atoms with E-state index in [1.807, 2.05) is 0 Å². The lowest BCUT2D eigenvalue weighted by Gasteiger charge is -2.22. The van der Waals surface area contributed by atoms with Gasteiger partial charge in [-0.3, -0.25) is 9.59 Å². The molecule has 0 heterocycles. The fraction of sp³-hybridized carbons (Fsp3) is 0.467. The SMILES string of the molecule is O=C(N[C@H]1CCCCC[C@H]1C(=O)O)c1ccc(Cl)c(F)c1. The largest absolute Gasteiger partial charge is 0.481 e. The van der Waals surface area contributed by atoms with E-state index in [1.165, 1.54) is 12.1 Å². The molecule has 2 N–H and O–H groups in total. The molecule has 0 radical (unpaired) electrons. The van der Waals surface area contributed by atoms with Crippen molar-refractivity contribution in [1.29, 1.82) is 0 Å². The Morgan fingerprint density at radius 1 is 1.24 bits per heavy atom. The fourth-order valence-electron chi connectivity index (χ4n) is 2.67. The van der Waals surface area contributed by atoms with Crippen LogP contribution in [0.15, 0.2) is 18.2 Å². The third-order valence-electron chi connectivity index (χ3n) is 3.83. The quantitative estimate of drug-likeness (QED) is 0.842. The molecule has 114 valence electrons. The van der Waals surface area contributed by atoms with Crippen molar-refractivity contribution >= 4 is 23.5 Å². The molecular weight excluding hydrogens is 297 g/mol. The van der Waals surface area contributed by atoms with Crippen molar-refractivity contribution in [1.82, 2.24) is 5.32 Å². The zero-order chi connectivity index (χ0) is 15.4. The summed E-state index contributed by atoms with van der Waals surface area (Å²) in [5.74, 6) is -2.62. The summed E-state index contributed by atoms with van der Waals surface area (Å²) in [6, 6.07) is 3.38. The van der Waals surface area contributed by atoms with Crippen LogP contribution in [0.3, 0.4) is 0 Å². The van der Waals surface area contributed by atoms with Gasteiger partial charge in [-0.15, -0.1) is 0 Å². The molecule has 1 fully saturated rings. The Bertz CT molecular complexity index is 550. The highest BCUT2D eigenvalue weighted by molar-refractivity contribution is 6.30. The average Bonchev–Trinajstić information content (AvgIpc) is 2.67.